The van der Waals surface area contributed by atoms with Gasteiger partial charge in [-0.25, -0.2) is 0 Å². The molecule has 1 heterocycles. The van der Waals surface area contributed by atoms with Gasteiger partial charge in [-0.15, -0.1) is 0 Å². The number of aryl methyl sites for hydroxylation is 1. The molecule has 2 N–H and O–H groups in total. The van der Waals surface area contributed by atoms with Crippen LogP contribution in [0.1, 0.15) is 67.1 Å². The van der Waals surface area contributed by atoms with E-state index < -0.39 is 30.5 Å². The highest BCUT2D eigenvalue weighted by molar-refractivity contribution is 5.95. The van der Waals surface area contributed by atoms with Crippen molar-refractivity contribution in [1.82, 2.24) is 4.90 Å². The van der Waals surface area contributed by atoms with Crippen molar-refractivity contribution in [3.8, 4) is 16.9 Å². The van der Waals surface area contributed by atoms with Gasteiger partial charge >= 0.3 is 12.1 Å². The van der Waals surface area contributed by atoms with Gasteiger partial charge in [0.25, 0.3) is 5.91 Å². The maximum absolute atomic E-state index is 13.3. The number of likely N-dealkylation sites (tertiary alicyclic amines) is 1. The number of nitrogens with one attached hydrogen (secondary N) is 1. The molecular weight excluding hydrogens is 557 g/mol. The highest BCUT2D eigenvalue weighted by Crippen LogP contribution is 2.34. The first-order valence-electron chi connectivity index (χ1n) is 14.7. The highest BCUT2D eigenvalue weighted by atomic mass is 19.4. The molecule has 230 valence electrons. The summed E-state index contributed by atoms with van der Waals surface area (Å²) in [6.07, 6.45) is -4.24. The summed E-state index contributed by atoms with van der Waals surface area (Å²) in [6.45, 7) is 7.32. The maximum Gasteiger partial charge on any atom is 0.389 e. The summed E-state index contributed by atoms with van der Waals surface area (Å²) in [5.41, 5.74) is 4.51. The molecule has 3 aromatic rings. The SMILES string of the molecule is Cc1cc(-c2cccc(OCC(C)C)c2)ccc1C(CCC(F)(F)F)Nc1ccc(C(=O)N2CCC[C@@H](C(=O)O)C2)cc1. The van der Waals surface area contributed by atoms with Crippen molar-refractivity contribution in [1.29, 1.82) is 0 Å². The van der Waals surface area contributed by atoms with Gasteiger partial charge in [0.1, 0.15) is 5.75 Å². The first-order valence-corrected chi connectivity index (χ1v) is 14.7. The number of amides is 1. The predicted octanol–water partition coefficient (Wildman–Crippen LogP) is 8.13. The van der Waals surface area contributed by atoms with E-state index in [1.807, 2.05) is 49.4 Å². The minimum Gasteiger partial charge on any atom is -0.493 e. The Bertz CT molecular complexity index is 1410. The van der Waals surface area contributed by atoms with Gasteiger partial charge in [0, 0.05) is 30.8 Å². The number of aliphatic carboxylic acids is 1. The van der Waals surface area contributed by atoms with Gasteiger partial charge in [0.2, 0.25) is 0 Å². The lowest BCUT2D eigenvalue weighted by molar-refractivity contribution is -0.143. The molecule has 0 radical (unpaired) electrons. The minimum atomic E-state index is -4.30. The average Bonchev–Trinajstić information content (AvgIpc) is 2.98. The standard InChI is InChI=1S/C34H39F3N2O4/c1-22(2)21-43-29-8-4-6-25(19-29)26-11-14-30(23(3)18-26)31(15-16-34(35,36)37)38-28-12-9-24(10-13-28)32(40)39-17-5-7-27(20-39)33(41)42/h4,6,8-14,18-19,22,27,31,38H,5,7,15-17,20-21H2,1-3H3,(H,41,42)/t27-,31?/m1/s1. The Morgan fingerprint density at radius 2 is 1.77 bits per heavy atom. The zero-order chi connectivity index (χ0) is 31.1. The Morgan fingerprint density at radius 1 is 1.05 bits per heavy atom. The van der Waals surface area contributed by atoms with Crippen molar-refractivity contribution in [3.05, 3.63) is 83.4 Å². The molecule has 0 aromatic heterocycles. The van der Waals surface area contributed by atoms with Gasteiger partial charge in [0.05, 0.1) is 18.6 Å². The summed E-state index contributed by atoms with van der Waals surface area (Å²) in [5.74, 6) is -0.582. The van der Waals surface area contributed by atoms with Crippen LogP contribution in [0.15, 0.2) is 66.7 Å². The molecule has 43 heavy (non-hydrogen) atoms. The second-order valence-electron chi connectivity index (χ2n) is 11.7. The van der Waals surface area contributed by atoms with E-state index in [4.69, 9.17) is 4.74 Å². The number of benzene rings is 3. The van der Waals surface area contributed by atoms with Gasteiger partial charge < -0.3 is 20.1 Å². The first kappa shape index (κ1) is 31.9. The third-order valence-corrected chi connectivity index (χ3v) is 7.64. The lowest BCUT2D eigenvalue weighted by atomic mass is 9.93. The Kier molecular flexibility index (Phi) is 10.4. The van der Waals surface area contributed by atoms with Crippen LogP contribution in [-0.2, 0) is 4.79 Å². The molecule has 0 bridgehead atoms. The molecule has 4 rings (SSSR count). The van der Waals surface area contributed by atoms with Gasteiger partial charge in [-0.05, 0) is 90.8 Å². The third kappa shape index (κ3) is 8.99. The number of carbonyl (C=O) groups is 2. The van der Waals surface area contributed by atoms with Gasteiger partial charge in [-0.2, -0.15) is 13.2 Å². The Balaban J connectivity index is 1.52. The normalized spacial score (nSPS) is 16.2. The molecule has 0 saturated carbocycles. The average molecular weight is 597 g/mol. The molecule has 1 aliphatic rings. The second-order valence-corrected chi connectivity index (χ2v) is 11.7. The molecule has 1 fully saturated rings. The lowest BCUT2D eigenvalue weighted by Gasteiger charge is -2.30. The number of halogens is 3. The van der Waals surface area contributed by atoms with Crippen molar-refractivity contribution in [3.63, 3.8) is 0 Å². The molecule has 3 aromatic carbocycles. The molecule has 6 nitrogen and oxygen atoms in total. The number of nitrogens with zero attached hydrogens (tertiary/aromatic N) is 1. The topological polar surface area (TPSA) is 78.9 Å². The van der Waals surface area contributed by atoms with Gasteiger partial charge in [0.15, 0.2) is 0 Å². The minimum absolute atomic E-state index is 0.159. The van der Waals surface area contributed by atoms with Crippen molar-refractivity contribution in [2.24, 2.45) is 11.8 Å². The number of carboxylic acid groups (broad SMARTS) is 1. The van der Waals surface area contributed by atoms with E-state index in [9.17, 15) is 27.9 Å². The number of alkyl halides is 3. The number of carboxylic acids is 1. The summed E-state index contributed by atoms with van der Waals surface area (Å²) in [7, 11) is 0. The zero-order valence-electron chi connectivity index (χ0n) is 24.8. The van der Waals surface area contributed by atoms with Gasteiger partial charge in [-0.3, -0.25) is 9.59 Å². The second kappa shape index (κ2) is 14.0. The van der Waals surface area contributed by atoms with Crippen molar-refractivity contribution >= 4 is 17.6 Å². The van der Waals surface area contributed by atoms with Crippen LogP contribution in [0.2, 0.25) is 0 Å². The van der Waals surface area contributed by atoms with Crippen LogP contribution in [0, 0.1) is 18.8 Å². The molecule has 0 aliphatic carbocycles. The number of carbonyl (C=O) groups excluding carboxylic acids is 1. The number of hydrogen-bond donors (Lipinski definition) is 2. The first-order chi connectivity index (χ1) is 20.4. The quantitative estimate of drug-likeness (QED) is 0.234. The van der Waals surface area contributed by atoms with Crippen molar-refractivity contribution in [2.75, 3.05) is 25.0 Å². The fourth-order valence-electron chi connectivity index (χ4n) is 5.34. The Labute approximate surface area is 250 Å². The molecule has 1 saturated heterocycles. The summed E-state index contributed by atoms with van der Waals surface area (Å²) in [4.78, 5) is 25.9. The lowest BCUT2D eigenvalue weighted by Crippen LogP contribution is -2.42. The summed E-state index contributed by atoms with van der Waals surface area (Å²) in [5, 5.41) is 12.6. The molecular formula is C34H39F3N2O4. The number of rotatable bonds is 11. The zero-order valence-corrected chi connectivity index (χ0v) is 24.8. The maximum atomic E-state index is 13.3. The van der Waals surface area contributed by atoms with Crippen LogP contribution < -0.4 is 10.1 Å². The van der Waals surface area contributed by atoms with Crippen LogP contribution in [-0.4, -0.2) is 47.8 Å². The fourth-order valence-corrected chi connectivity index (χ4v) is 5.34. The summed E-state index contributed by atoms with van der Waals surface area (Å²) < 4.78 is 45.7. The van der Waals surface area contributed by atoms with Crippen molar-refractivity contribution in [2.45, 2.75) is 58.7 Å². The molecule has 1 unspecified atom stereocenters. The van der Waals surface area contributed by atoms with E-state index in [2.05, 4.69) is 19.2 Å². The van der Waals surface area contributed by atoms with E-state index in [1.54, 1.807) is 29.2 Å². The van der Waals surface area contributed by atoms with E-state index in [0.717, 1.165) is 28.0 Å². The van der Waals surface area contributed by atoms with Crippen LogP contribution >= 0.6 is 0 Å². The summed E-state index contributed by atoms with van der Waals surface area (Å²) in [6, 6.07) is 19.5. The smallest absolute Gasteiger partial charge is 0.389 e. The number of anilines is 1. The molecule has 1 amide bonds. The van der Waals surface area contributed by atoms with Crippen LogP contribution in [0.4, 0.5) is 18.9 Å². The van der Waals surface area contributed by atoms with Crippen LogP contribution in [0.3, 0.4) is 0 Å². The number of piperidine rings is 1. The predicted molar refractivity (Wildman–Crippen MR) is 161 cm³/mol. The van der Waals surface area contributed by atoms with Crippen molar-refractivity contribution < 1.29 is 32.6 Å². The number of hydrogen-bond acceptors (Lipinski definition) is 4. The Morgan fingerprint density at radius 3 is 2.42 bits per heavy atom. The van der Waals surface area contributed by atoms with Crippen LogP contribution in [0.5, 0.6) is 5.75 Å². The van der Waals surface area contributed by atoms with E-state index in [0.29, 0.717) is 43.2 Å². The Hall–Kier alpha value is -4.01. The highest BCUT2D eigenvalue weighted by Gasteiger charge is 2.30. The summed E-state index contributed by atoms with van der Waals surface area (Å²) >= 11 is 0. The molecule has 0 spiro atoms. The van der Waals surface area contributed by atoms with E-state index >= 15 is 0 Å². The molecule has 1 aliphatic heterocycles. The third-order valence-electron chi connectivity index (χ3n) is 7.64. The van der Waals surface area contributed by atoms with E-state index in [1.165, 1.54) is 0 Å². The monoisotopic (exact) mass is 596 g/mol. The molecule has 9 heteroatoms. The fraction of sp³-hybridized carbons (Fsp3) is 0.412. The van der Waals surface area contributed by atoms with Gasteiger partial charge in [-0.1, -0.05) is 44.2 Å². The largest absolute Gasteiger partial charge is 0.493 e. The number of ether oxygens (including phenoxy) is 1. The molecule has 2 atom stereocenters. The van der Waals surface area contributed by atoms with Crippen LogP contribution in [0.25, 0.3) is 11.1 Å². The van der Waals surface area contributed by atoms with E-state index in [-0.39, 0.29) is 18.9 Å².